The van der Waals surface area contributed by atoms with Gasteiger partial charge in [0.2, 0.25) is 0 Å². The van der Waals surface area contributed by atoms with Gasteiger partial charge in [-0.05, 0) is 35.4 Å². The van der Waals surface area contributed by atoms with Crippen molar-refractivity contribution in [2.45, 2.75) is 5.60 Å². The molecule has 2 aromatic rings. The Morgan fingerprint density at radius 1 is 0.750 bits per heavy atom. The van der Waals surface area contributed by atoms with Gasteiger partial charge in [-0.1, -0.05) is 24.8 Å². The second kappa shape index (κ2) is 7.27. The summed E-state index contributed by atoms with van der Waals surface area (Å²) in [5.41, 5.74) is -0.219. The molecule has 0 aromatic heterocycles. The van der Waals surface area contributed by atoms with Gasteiger partial charge in [-0.25, -0.2) is 0 Å². The molecular weight excluding hydrogens is 308 g/mol. The van der Waals surface area contributed by atoms with E-state index in [2.05, 4.69) is 6.58 Å². The Balaban J connectivity index is 2.58. The molecule has 1 N–H and O–H groups in total. The summed E-state index contributed by atoms with van der Waals surface area (Å²) in [5.74, 6) is 2.21. The smallest absolute Gasteiger partial charge is 0.161 e. The van der Waals surface area contributed by atoms with Crippen LogP contribution in [0.15, 0.2) is 49.1 Å². The first kappa shape index (κ1) is 17.7. The third kappa shape index (κ3) is 3.03. The summed E-state index contributed by atoms with van der Waals surface area (Å²) in [6, 6.07) is 10.4. The van der Waals surface area contributed by atoms with Crippen molar-refractivity contribution in [2.75, 3.05) is 28.4 Å². The van der Waals surface area contributed by atoms with E-state index in [1.54, 1.807) is 64.8 Å². The molecule has 24 heavy (non-hydrogen) atoms. The van der Waals surface area contributed by atoms with Gasteiger partial charge in [0.1, 0.15) is 5.60 Å². The lowest BCUT2D eigenvalue weighted by atomic mass is 9.86. The Morgan fingerprint density at radius 3 is 1.42 bits per heavy atom. The van der Waals surface area contributed by atoms with Gasteiger partial charge in [-0.3, -0.25) is 0 Å². The number of rotatable bonds is 7. The van der Waals surface area contributed by atoms with Crippen LogP contribution in [-0.4, -0.2) is 33.5 Å². The van der Waals surface area contributed by atoms with Crippen LogP contribution in [0.2, 0.25) is 0 Å². The zero-order valence-corrected chi connectivity index (χ0v) is 14.3. The molecule has 0 amide bonds. The van der Waals surface area contributed by atoms with Crippen LogP contribution in [0.25, 0.3) is 0 Å². The van der Waals surface area contributed by atoms with E-state index < -0.39 is 5.60 Å². The van der Waals surface area contributed by atoms with Crippen molar-refractivity contribution >= 4 is 0 Å². The zero-order valence-electron chi connectivity index (χ0n) is 14.3. The topological polar surface area (TPSA) is 57.2 Å². The number of hydrogen-bond donors (Lipinski definition) is 1. The Morgan fingerprint density at radius 2 is 1.12 bits per heavy atom. The molecule has 0 saturated heterocycles. The maximum Gasteiger partial charge on any atom is 0.161 e. The fourth-order valence-corrected chi connectivity index (χ4v) is 2.55. The normalized spacial score (nSPS) is 10.9. The molecule has 5 nitrogen and oxygen atoms in total. The lowest BCUT2D eigenvalue weighted by molar-refractivity contribution is 0.134. The zero-order chi connectivity index (χ0) is 17.7. The molecular formula is C19H22O5. The quantitative estimate of drug-likeness (QED) is 0.791. The van der Waals surface area contributed by atoms with Crippen molar-refractivity contribution in [1.29, 1.82) is 0 Å². The van der Waals surface area contributed by atoms with Crippen LogP contribution >= 0.6 is 0 Å². The van der Waals surface area contributed by atoms with Crippen molar-refractivity contribution in [3.05, 3.63) is 60.2 Å². The first-order valence-corrected chi connectivity index (χ1v) is 7.35. The van der Waals surface area contributed by atoms with E-state index in [-0.39, 0.29) is 0 Å². The maximum absolute atomic E-state index is 11.2. The van der Waals surface area contributed by atoms with Crippen LogP contribution in [0.5, 0.6) is 23.0 Å². The van der Waals surface area contributed by atoms with E-state index in [1.165, 1.54) is 6.08 Å². The van der Waals surface area contributed by atoms with Crippen molar-refractivity contribution in [3.8, 4) is 23.0 Å². The van der Waals surface area contributed by atoms with Gasteiger partial charge in [0, 0.05) is 0 Å². The number of aliphatic hydroxyl groups is 1. The average Bonchev–Trinajstić information content (AvgIpc) is 2.65. The van der Waals surface area contributed by atoms with Crippen molar-refractivity contribution in [3.63, 3.8) is 0 Å². The fraction of sp³-hybridized carbons (Fsp3) is 0.263. The number of ether oxygens (including phenoxy) is 4. The van der Waals surface area contributed by atoms with Crippen LogP contribution in [0.1, 0.15) is 11.1 Å². The minimum atomic E-state index is -1.42. The summed E-state index contributed by atoms with van der Waals surface area (Å²) in [5, 5.41) is 11.2. The second-order valence-corrected chi connectivity index (χ2v) is 5.11. The number of hydrogen-bond acceptors (Lipinski definition) is 5. The second-order valence-electron chi connectivity index (χ2n) is 5.11. The third-order valence-corrected chi connectivity index (χ3v) is 3.94. The van der Waals surface area contributed by atoms with Gasteiger partial charge in [-0.2, -0.15) is 0 Å². The maximum atomic E-state index is 11.2. The minimum absolute atomic E-state index is 0.524. The molecule has 5 heteroatoms. The molecule has 0 fully saturated rings. The monoisotopic (exact) mass is 330 g/mol. The highest BCUT2D eigenvalue weighted by molar-refractivity contribution is 5.52. The molecule has 2 aromatic carbocycles. The van der Waals surface area contributed by atoms with Gasteiger partial charge in [-0.15, -0.1) is 0 Å². The SMILES string of the molecule is C=CC(O)(c1ccc(OC)c(OC)c1)c1ccc(OC)c(OC)c1. The van der Waals surface area contributed by atoms with Crippen LogP contribution in [0.4, 0.5) is 0 Å². The molecule has 0 saturated carbocycles. The molecule has 2 rings (SSSR count). The number of benzene rings is 2. The molecule has 0 bridgehead atoms. The molecule has 0 heterocycles. The standard InChI is InChI=1S/C19H22O5/c1-6-19(20,13-7-9-15(21-2)17(11-13)23-4)14-8-10-16(22-3)18(12-14)24-5/h6-12,20H,1H2,2-5H3. The molecule has 0 aliphatic rings. The molecule has 0 radical (unpaired) electrons. The first-order valence-electron chi connectivity index (χ1n) is 7.35. The molecule has 0 unspecified atom stereocenters. The highest BCUT2D eigenvalue weighted by atomic mass is 16.5. The van der Waals surface area contributed by atoms with E-state index in [0.29, 0.717) is 34.1 Å². The highest BCUT2D eigenvalue weighted by Gasteiger charge is 2.30. The molecule has 0 atom stereocenters. The van der Waals surface area contributed by atoms with Crippen LogP contribution in [-0.2, 0) is 5.60 Å². The van der Waals surface area contributed by atoms with Gasteiger partial charge < -0.3 is 24.1 Å². The Hall–Kier alpha value is -2.66. The predicted molar refractivity (Wildman–Crippen MR) is 92.3 cm³/mol. The number of methoxy groups -OCH3 is 4. The van der Waals surface area contributed by atoms with Crippen molar-refractivity contribution < 1.29 is 24.1 Å². The van der Waals surface area contributed by atoms with Crippen LogP contribution < -0.4 is 18.9 Å². The molecule has 128 valence electrons. The van der Waals surface area contributed by atoms with E-state index in [0.717, 1.165) is 0 Å². The summed E-state index contributed by atoms with van der Waals surface area (Å²) in [7, 11) is 6.22. The van der Waals surface area contributed by atoms with Gasteiger partial charge in [0.15, 0.2) is 23.0 Å². The Kier molecular flexibility index (Phi) is 5.36. The van der Waals surface area contributed by atoms with Gasteiger partial charge >= 0.3 is 0 Å². The van der Waals surface area contributed by atoms with Gasteiger partial charge in [0.05, 0.1) is 28.4 Å². The lowest BCUT2D eigenvalue weighted by Crippen LogP contribution is -2.24. The summed E-state index contributed by atoms with van der Waals surface area (Å²) < 4.78 is 21.1. The summed E-state index contributed by atoms with van der Waals surface area (Å²) in [4.78, 5) is 0. The summed E-state index contributed by atoms with van der Waals surface area (Å²) >= 11 is 0. The average molecular weight is 330 g/mol. The van der Waals surface area contributed by atoms with Crippen LogP contribution in [0, 0.1) is 0 Å². The first-order chi connectivity index (χ1) is 11.5. The van der Waals surface area contributed by atoms with E-state index in [4.69, 9.17) is 18.9 Å². The third-order valence-electron chi connectivity index (χ3n) is 3.94. The van der Waals surface area contributed by atoms with Gasteiger partial charge in [0.25, 0.3) is 0 Å². The fourth-order valence-electron chi connectivity index (χ4n) is 2.55. The van der Waals surface area contributed by atoms with Crippen LogP contribution in [0.3, 0.4) is 0 Å². The molecule has 0 aliphatic carbocycles. The van der Waals surface area contributed by atoms with E-state index in [9.17, 15) is 5.11 Å². The van der Waals surface area contributed by atoms with E-state index in [1.807, 2.05) is 0 Å². The van der Waals surface area contributed by atoms with Crippen molar-refractivity contribution in [2.24, 2.45) is 0 Å². The Labute approximate surface area is 142 Å². The molecule has 0 aliphatic heterocycles. The Bertz CT molecular complexity index is 668. The van der Waals surface area contributed by atoms with Crippen molar-refractivity contribution in [1.82, 2.24) is 0 Å². The largest absolute Gasteiger partial charge is 0.493 e. The molecule has 0 spiro atoms. The predicted octanol–water partition coefficient (Wildman–Crippen LogP) is 3.14. The summed E-state index contributed by atoms with van der Waals surface area (Å²) in [6.07, 6.45) is 1.47. The summed E-state index contributed by atoms with van der Waals surface area (Å²) in [6.45, 7) is 3.79. The van der Waals surface area contributed by atoms with E-state index >= 15 is 0 Å². The highest BCUT2D eigenvalue weighted by Crippen LogP contribution is 2.39. The minimum Gasteiger partial charge on any atom is -0.493 e. The lowest BCUT2D eigenvalue weighted by Gasteiger charge is -2.27.